The third kappa shape index (κ3) is 17.0. The Bertz CT molecular complexity index is 355. The molecule has 1 nitrogen and oxygen atoms in total. The van der Waals surface area contributed by atoms with Gasteiger partial charge in [-0.15, -0.1) is 0 Å². The van der Waals surface area contributed by atoms with Crippen molar-refractivity contribution in [1.29, 1.82) is 0 Å². The predicted octanol–water partition coefficient (Wildman–Crippen LogP) is 8.17. The van der Waals surface area contributed by atoms with Crippen LogP contribution in [0.5, 0.6) is 0 Å². The zero-order chi connectivity index (χ0) is 21.9. The Balaban J connectivity index is 5.10. The Hall–Kier alpha value is 0.129. The van der Waals surface area contributed by atoms with E-state index in [0.29, 0.717) is 6.42 Å². The maximum absolute atomic E-state index is 12.5. The molecule has 0 bridgehead atoms. The Morgan fingerprint density at radius 2 is 0.929 bits per heavy atom. The van der Waals surface area contributed by atoms with Crippen LogP contribution < -0.4 is 0 Å². The van der Waals surface area contributed by atoms with Crippen molar-refractivity contribution in [3.63, 3.8) is 0 Å². The molecule has 0 aromatic carbocycles. The van der Waals surface area contributed by atoms with Gasteiger partial charge in [-0.25, -0.2) is 0 Å². The normalized spacial score (nSPS) is 13.9. The fourth-order valence-electron chi connectivity index (χ4n) is 3.07. The maximum atomic E-state index is 12.5. The second-order valence-electron chi connectivity index (χ2n) is 7.14. The number of hydrogen-bond donors (Lipinski definition) is 0. The summed E-state index contributed by atoms with van der Waals surface area (Å²) in [4.78, 5) is 0. The van der Waals surface area contributed by atoms with Gasteiger partial charge in [-0.2, -0.15) is 0 Å². The van der Waals surface area contributed by atoms with Crippen LogP contribution in [0.25, 0.3) is 0 Å². The van der Waals surface area contributed by atoms with E-state index in [4.69, 9.17) is 3.07 Å². The number of hydrogen-bond acceptors (Lipinski definition) is 1. The Labute approximate surface area is 164 Å². The number of halogens is 9. The van der Waals surface area contributed by atoms with Gasteiger partial charge in [0.1, 0.15) is 0 Å². The van der Waals surface area contributed by atoms with Crippen LogP contribution in [-0.4, -0.2) is 43.9 Å². The average molecular weight is 539 g/mol. The first-order chi connectivity index (χ1) is 12.7. The van der Waals surface area contributed by atoms with E-state index in [1.165, 1.54) is 0 Å². The van der Waals surface area contributed by atoms with Gasteiger partial charge in [0.2, 0.25) is 0 Å². The molecule has 0 rings (SSSR count). The third-order valence-electron chi connectivity index (χ3n) is 4.43. The molecule has 0 aromatic rings. The van der Waals surface area contributed by atoms with E-state index in [9.17, 15) is 39.5 Å². The van der Waals surface area contributed by atoms with Crippen molar-refractivity contribution in [1.82, 2.24) is 0 Å². The number of unbranched alkanes of at least 4 members (excludes halogenated alkanes) is 2. The van der Waals surface area contributed by atoms with Crippen molar-refractivity contribution in [2.75, 3.05) is 6.61 Å². The van der Waals surface area contributed by atoms with E-state index >= 15 is 0 Å². The Kier molecular flexibility index (Phi) is 12.8. The fraction of sp³-hybridized carbons (Fsp3) is 1.00. The molecular formula is C17H29F9OSn. The average Bonchev–Trinajstić information content (AvgIpc) is 2.47. The van der Waals surface area contributed by atoms with Crippen LogP contribution in [0.15, 0.2) is 0 Å². The van der Waals surface area contributed by atoms with Gasteiger partial charge in [-0.1, -0.05) is 0 Å². The molecule has 0 spiro atoms. The molecular weight excluding hydrogens is 510 g/mol. The number of alkyl halides is 9. The number of rotatable bonds is 14. The second-order valence-corrected chi connectivity index (χ2v) is 19.0. The monoisotopic (exact) mass is 540 g/mol. The first kappa shape index (κ1) is 28.1. The minimum absolute atomic E-state index is 0.00394. The van der Waals surface area contributed by atoms with E-state index < -0.39 is 56.6 Å². The molecule has 0 aliphatic heterocycles. The molecule has 0 saturated heterocycles. The molecule has 0 atom stereocenters. The van der Waals surface area contributed by atoms with Gasteiger partial charge in [0.15, 0.2) is 0 Å². The Morgan fingerprint density at radius 3 is 1.21 bits per heavy atom. The summed E-state index contributed by atoms with van der Waals surface area (Å²) in [6.45, 7) is 2.13. The molecule has 0 unspecified atom stereocenters. The summed E-state index contributed by atoms with van der Waals surface area (Å²) in [5, 5.41) is 0. The van der Waals surface area contributed by atoms with Gasteiger partial charge in [0, 0.05) is 0 Å². The van der Waals surface area contributed by atoms with Crippen LogP contribution in [0, 0.1) is 0 Å². The second kappa shape index (κ2) is 12.7. The summed E-state index contributed by atoms with van der Waals surface area (Å²) in [5.74, 6) is 0. The standard InChI is InChI=1S/C5H11O.3C4H6F3.Sn/c1-2-3-4-5-6;3*1-2-3-4(5,6)7;/h2-5H2,1H3;3*1-3H2;/q-1;;;;+1. The van der Waals surface area contributed by atoms with E-state index in [1.807, 2.05) is 6.92 Å². The quantitative estimate of drug-likeness (QED) is 0.123. The summed E-state index contributed by atoms with van der Waals surface area (Å²) < 4.78 is 118. The Morgan fingerprint density at radius 1 is 0.571 bits per heavy atom. The van der Waals surface area contributed by atoms with Gasteiger partial charge >= 0.3 is 165 Å². The molecule has 0 heterocycles. The van der Waals surface area contributed by atoms with Crippen molar-refractivity contribution in [2.45, 2.75) is 96.6 Å². The zero-order valence-electron chi connectivity index (χ0n) is 16.0. The zero-order valence-corrected chi connectivity index (χ0v) is 18.9. The fourth-order valence-corrected chi connectivity index (χ4v) is 15.1. The summed E-state index contributed by atoms with van der Waals surface area (Å²) in [7, 11) is 0. The van der Waals surface area contributed by atoms with Crippen molar-refractivity contribution in [3.8, 4) is 0 Å². The van der Waals surface area contributed by atoms with Crippen LogP contribution in [-0.2, 0) is 3.07 Å². The van der Waals surface area contributed by atoms with Crippen LogP contribution in [0.1, 0.15) is 64.7 Å². The minimum atomic E-state index is -4.41. The molecule has 0 aromatic heterocycles. The summed E-state index contributed by atoms with van der Waals surface area (Å²) in [6, 6.07) is 0. The summed E-state index contributed by atoms with van der Waals surface area (Å²) in [6.07, 6.45) is -15.2. The molecule has 0 N–H and O–H groups in total. The van der Waals surface area contributed by atoms with Gasteiger partial charge in [-0.05, 0) is 0 Å². The molecule has 0 radical (unpaired) electrons. The third-order valence-corrected chi connectivity index (χ3v) is 17.6. The van der Waals surface area contributed by atoms with Crippen molar-refractivity contribution in [2.24, 2.45) is 0 Å². The van der Waals surface area contributed by atoms with Gasteiger partial charge in [0.25, 0.3) is 0 Å². The van der Waals surface area contributed by atoms with Gasteiger partial charge in [-0.3, -0.25) is 0 Å². The first-order valence-electron chi connectivity index (χ1n) is 9.52. The van der Waals surface area contributed by atoms with Crippen molar-refractivity contribution in [3.05, 3.63) is 0 Å². The summed E-state index contributed by atoms with van der Waals surface area (Å²) in [5.41, 5.74) is 0. The molecule has 28 heavy (non-hydrogen) atoms. The van der Waals surface area contributed by atoms with Crippen molar-refractivity contribution < 1.29 is 42.6 Å². The van der Waals surface area contributed by atoms with Crippen LogP contribution in [0.2, 0.25) is 13.3 Å². The molecule has 0 aliphatic rings. The van der Waals surface area contributed by atoms with E-state index in [1.54, 1.807) is 0 Å². The first-order valence-corrected chi connectivity index (χ1v) is 16.7. The SMILES string of the molecule is CCCCC[O][Sn]([CH2]CCC(F)(F)F)([CH2]CCC(F)(F)F)[CH2]CCC(F)(F)F. The van der Waals surface area contributed by atoms with Gasteiger partial charge in [0.05, 0.1) is 0 Å². The van der Waals surface area contributed by atoms with Crippen LogP contribution in [0.3, 0.4) is 0 Å². The van der Waals surface area contributed by atoms with E-state index in [0.717, 1.165) is 12.8 Å². The molecule has 0 aliphatic carbocycles. The van der Waals surface area contributed by atoms with E-state index in [2.05, 4.69) is 0 Å². The molecule has 170 valence electrons. The summed E-state index contributed by atoms with van der Waals surface area (Å²) >= 11 is -4.04. The predicted molar refractivity (Wildman–Crippen MR) is 91.5 cm³/mol. The molecule has 0 fully saturated rings. The van der Waals surface area contributed by atoms with Gasteiger partial charge < -0.3 is 0 Å². The van der Waals surface area contributed by atoms with E-state index in [-0.39, 0.29) is 39.2 Å². The van der Waals surface area contributed by atoms with Crippen LogP contribution >= 0.6 is 0 Å². The molecule has 0 amide bonds. The molecule has 0 saturated carbocycles. The molecule has 11 heteroatoms. The van der Waals surface area contributed by atoms with Crippen molar-refractivity contribution >= 4 is 18.8 Å². The topological polar surface area (TPSA) is 9.23 Å². The van der Waals surface area contributed by atoms with Crippen LogP contribution in [0.4, 0.5) is 39.5 Å².